The number of carbonyl (C=O) groups is 2. The quantitative estimate of drug-likeness (QED) is 0.597. The van der Waals surface area contributed by atoms with E-state index in [0.717, 1.165) is 6.42 Å². The molecule has 1 aromatic rings. The average Bonchev–Trinajstić information content (AvgIpc) is 2.34. The van der Waals surface area contributed by atoms with Gasteiger partial charge in [0.1, 0.15) is 5.78 Å². The normalized spacial score (nSPS) is 10.1. The summed E-state index contributed by atoms with van der Waals surface area (Å²) in [5, 5.41) is 9.42. The number of ketones is 2. The number of rotatable bonds is 7. The maximum Gasteiger partial charge on any atom is 0.163 e. The first kappa shape index (κ1) is 14.2. The van der Waals surface area contributed by atoms with Gasteiger partial charge < -0.3 is 14.6 Å². The van der Waals surface area contributed by atoms with Crippen LogP contribution in [0.1, 0.15) is 43.0 Å². The number of aromatic hydroxyl groups is 1. The monoisotopic (exact) mass is 250 g/mol. The molecule has 1 rings (SSSR count). The molecule has 0 saturated heterocycles. The zero-order valence-corrected chi connectivity index (χ0v) is 10.7. The van der Waals surface area contributed by atoms with Gasteiger partial charge in [0, 0.05) is 18.4 Å². The number of hydrogen-bond donors (Lipinski definition) is 1. The summed E-state index contributed by atoms with van der Waals surface area (Å²) in [6.45, 7) is 1.55. The molecule has 0 saturated carbocycles. The number of Topliss-reactive ketones (excluding diaryl/α,β-unsaturated/α-hetero) is 2. The maximum atomic E-state index is 11.8. The largest absolute Gasteiger partial charge is 0.504 e. The van der Waals surface area contributed by atoms with Crippen LogP contribution in [0.4, 0.5) is 0 Å². The zero-order valence-electron chi connectivity index (χ0n) is 10.7. The molecule has 0 spiro atoms. The number of carbonyl (C=O) groups excluding carboxylic acids is 2. The van der Waals surface area contributed by atoms with Crippen LogP contribution in [0.25, 0.3) is 0 Å². The highest BCUT2D eigenvalue weighted by molar-refractivity contribution is 5.96. The van der Waals surface area contributed by atoms with Gasteiger partial charge in [-0.3, -0.25) is 4.79 Å². The van der Waals surface area contributed by atoms with Crippen LogP contribution in [0.2, 0.25) is 0 Å². The Bertz CT molecular complexity index is 437. The lowest BCUT2D eigenvalue weighted by Gasteiger charge is -2.06. The third-order valence-electron chi connectivity index (χ3n) is 2.68. The molecule has 0 aliphatic rings. The van der Waals surface area contributed by atoms with Crippen LogP contribution in [-0.2, 0) is 4.79 Å². The molecule has 0 fully saturated rings. The van der Waals surface area contributed by atoms with Crippen molar-refractivity contribution in [3.05, 3.63) is 23.8 Å². The minimum atomic E-state index is -0.00291. The lowest BCUT2D eigenvalue weighted by atomic mass is 10.0. The first-order valence-electron chi connectivity index (χ1n) is 5.94. The predicted octanol–water partition coefficient (Wildman–Crippen LogP) is 2.73. The van der Waals surface area contributed by atoms with E-state index in [9.17, 15) is 14.7 Å². The second kappa shape index (κ2) is 6.79. The van der Waals surface area contributed by atoms with E-state index in [4.69, 9.17) is 4.74 Å². The van der Waals surface area contributed by atoms with E-state index in [1.165, 1.54) is 19.2 Å². The van der Waals surface area contributed by atoms with Crippen molar-refractivity contribution in [1.29, 1.82) is 0 Å². The summed E-state index contributed by atoms with van der Waals surface area (Å²) in [7, 11) is 1.44. The number of methoxy groups -OCH3 is 1. The summed E-state index contributed by atoms with van der Waals surface area (Å²) in [5.74, 6) is 0.459. The van der Waals surface area contributed by atoms with Crippen molar-refractivity contribution in [2.75, 3.05) is 7.11 Å². The molecule has 0 aliphatic carbocycles. The van der Waals surface area contributed by atoms with E-state index in [1.807, 2.05) is 0 Å². The van der Waals surface area contributed by atoms with Crippen LogP contribution in [-0.4, -0.2) is 23.8 Å². The molecule has 0 bridgehead atoms. The number of hydrogen-bond acceptors (Lipinski definition) is 4. The number of benzene rings is 1. The molecule has 18 heavy (non-hydrogen) atoms. The van der Waals surface area contributed by atoms with E-state index in [0.29, 0.717) is 30.6 Å². The smallest absolute Gasteiger partial charge is 0.163 e. The van der Waals surface area contributed by atoms with Crippen LogP contribution in [0, 0.1) is 0 Å². The predicted molar refractivity (Wildman–Crippen MR) is 68.1 cm³/mol. The van der Waals surface area contributed by atoms with E-state index in [-0.39, 0.29) is 17.3 Å². The summed E-state index contributed by atoms with van der Waals surface area (Å²) in [5.41, 5.74) is 0.521. The molecular weight excluding hydrogens is 232 g/mol. The van der Waals surface area contributed by atoms with E-state index in [1.54, 1.807) is 13.0 Å². The highest BCUT2D eigenvalue weighted by Crippen LogP contribution is 2.26. The molecule has 0 aliphatic heterocycles. The summed E-state index contributed by atoms with van der Waals surface area (Å²) in [6.07, 6.45) is 2.35. The highest BCUT2D eigenvalue weighted by Gasteiger charge is 2.09. The van der Waals surface area contributed by atoms with Crippen molar-refractivity contribution in [2.45, 2.75) is 32.6 Å². The lowest BCUT2D eigenvalue weighted by Crippen LogP contribution is -2.00. The Kier molecular flexibility index (Phi) is 5.36. The Morgan fingerprint density at radius 3 is 2.50 bits per heavy atom. The van der Waals surface area contributed by atoms with Gasteiger partial charge in [0.25, 0.3) is 0 Å². The topological polar surface area (TPSA) is 63.6 Å². The first-order chi connectivity index (χ1) is 8.54. The maximum absolute atomic E-state index is 11.8. The molecule has 0 radical (unpaired) electrons. The minimum absolute atomic E-state index is 0.00291. The Morgan fingerprint density at radius 2 is 1.89 bits per heavy atom. The van der Waals surface area contributed by atoms with Gasteiger partial charge >= 0.3 is 0 Å². The molecule has 0 heterocycles. The Hall–Kier alpha value is -1.84. The molecule has 4 nitrogen and oxygen atoms in total. The van der Waals surface area contributed by atoms with Gasteiger partial charge in [0.15, 0.2) is 17.3 Å². The molecule has 1 aromatic carbocycles. The molecule has 0 unspecified atom stereocenters. The van der Waals surface area contributed by atoms with Gasteiger partial charge in [-0.1, -0.05) is 0 Å². The third-order valence-corrected chi connectivity index (χ3v) is 2.68. The van der Waals surface area contributed by atoms with Gasteiger partial charge in [-0.25, -0.2) is 0 Å². The molecular formula is C14H18O4. The molecule has 98 valence electrons. The second-order valence-electron chi connectivity index (χ2n) is 4.22. The van der Waals surface area contributed by atoms with Crippen LogP contribution in [0.15, 0.2) is 18.2 Å². The lowest BCUT2D eigenvalue weighted by molar-refractivity contribution is -0.117. The van der Waals surface area contributed by atoms with Crippen molar-refractivity contribution >= 4 is 11.6 Å². The van der Waals surface area contributed by atoms with Gasteiger partial charge in [0.2, 0.25) is 0 Å². The Balaban J connectivity index is 2.53. The van der Waals surface area contributed by atoms with Crippen molar-refractivity contribution in [1.82, 2.24) is 0 Å². The van der Waals surface area contributed by atoms with Gasteiger partial charge in [0.05, 0.1) is 7.11 Å². The number of unbranched alkanes of at least 4 members (excludes halogenated alkanes) is 1. The van der Waals surface area contributed by atoms with Gasteiger partial charge in [-0.15, -0.1) is 0 Å². The summed E-state index contributed by atoms with van der Waals surface area (Å²) in [6, 6.07) is 4.55. The van der Waals surface area contributed by atoms with E-state index >= 15 is 0 Å². The first-order valence-corrected chi connectivity index (χ1v) is 5.94. The highest BCUT2D eigenvalue weighted by atomic mass is 16.5. The SMILES string of the molecule is COc1cc(C(=O)CCCCC(C)=O)ccc1O. The third kappa shape index (κ3) is 4.20. The van der Waals surface area contributed by atoms with Gasteiger partial charge in [-0.2, -0.15) is 0 Å². The standard InChI is InChI=1S/C14H18O4/c1-10(15)5-3-4-6-12(16)11-7-8-13(17)14(9-11)18-2/h7-9,17H,3-6H2,1-2H3. The van der Waals surface area contributed by atoms with E-state index < -0.39 is 0 Å². The Labute approximate surface area is 107 Å². The fourth-order valence-corrected chi connectivity index (χ4v) is 1.65. The Morgan fingerprint density at radius 1 is 1.22 bits per heavy atom. The van der Waals surface area contributed by atoms with Crippen molar-refractivity contribution in [2.24, 2.45) is 0 Å². The fourth-order valence-electron chi connectivity index (χ4n) is 1.65. The van der Waals surface area contributed by atoms with Crippen LogP contribution >= 0.6 is 0 Å². The second-order valence-corrected chi connectivity index (χ2v) is 4.22. The zero-order chi connectivity index (χ0) is 13.5. The van der Waals surface area contributed by atoms with Crippen LogP contribution < -0.4 is 4.74 Å². The van der Waals surface area contributed by atoms with Crippen molar-refractivity contribution < 1.29 is 19.4 Å². The van der Waals surface area contributed by atoms with Crippen LogP contribution in [0.3, 0.4) is 0 Å². The van der Waals surface area contributed by atoms with E-state index in [2.05, 4.69) is 0 Å². The summed E-state index contributed by atoms with van der Waals surface area (Å²) in [4.78, 5) is 22.6. The summed E-state index contributed by atoms with van der Waals surface area (Å²) >= 11 is 0. The van der Waals surface area contributed by atoms with Gasteiger partial charge in [-0.05, 0) is 38.0 Å². The fraction of sp³-hybridized carbons (Fsp3) is 0.429. The molecule has 1 N–H and O–H groups in total. The molecule has 0 atom stereocenters. The molecule has 0 amide bonds. The summed E-state index contributed by atoms with van der Waals surface area (Å²) < 4.78 is 4.95. The van der Waals surface area contributed by atoms with Crippen molar-refractivity contribution in [3.63, 3.8) is 0 Å². The number of ether oxygens (including phenoxy) is 1. The minimum Gasteiger partial charge on any atom is -0.504 e. The molecule has 0 aromatic heterocycles. The number of phenolic OH excluding ortho intramolecular Hbond substituents is 1. The van der Waals surface area contributed by atoms with Crippen LogP contribution in [0.5, 0.6) is 11.5 Å². The number of phenols is 1. The molecule has 4 heteroatoms. The van der Waals surface area contributed by atoms with Crippen molar-refractivity contribution in [3.8, 4) is 11.5 Å². The average molecular weight is 250 g/mol.